The van der Waals surface area contributed by atoms with Gasteiger partial charge in [0.15, 0.2) is 0 Å². The lowest BCUT2D eigenvalue weighted by molar-refractivity contribution is 0.0285. The van der Waals surface area contributed by atoms with Gasteiger partial charge in [-0.2, -0.15) is 0 Å². The quantitative estimate of drug-likeness (QED) is 0.691. The van der Waals surface area contributed by atoms with Crippen molar-refractivity contribution in [2.45, 2.75) is 39.7 Å². The number of benzene rings is 1. The zero-order valence-electron chi connectivity index (χ0n) is 13.7. The molecule has 0 N–H and O–H groups in total. The van der Waals surface area contributed by atoms with Crippen LogP contribution >= 0.6 is 22.6 Å². The third-order valence-electron chi connectivity index (χ3n) is 3.55. The third kappa shape index (κ3) is 5.04. The molecular weight excluding hydrogens is 393 g/mol. The number of hydrogen-bond acceptors (Lipinski definition) is 3. The van der Waals surface area contributed by atoms with Gasteiger partial charge >= 0.3 is 6.09 Å². The molecule has 1 atom stereocenters. The lowest BCUT2D eigenvalue weighted by atomic mass is 10.1. The highest BCUT2D eigenvalue weighted by Gasteiger charge is 2.30. The topological polar surface area (TPSA) is 38.8 Å². The first-order valence-corrected chi connectivity index (χ1v) is 8.69. The molecule has 1 aliphatic rings. The van der Waals surface area contributed by atoms with E-state index in [0.717, 1.165) is 24.3 Å². The second kappa shape index (κ2) is 7.06. The minimum absolute atomic E-state index is 0.222. The SMILES string of the molecule is Cc1cc(I)ccc1OC[C@H]1CCN(C(=O)OC(C)(C)C)C1. The number of ether oxygens (including phenoxy) is 2. The van der Waals surface area contributed by atoms with Crippen LogP contribution in [0.5, 0.6) is 5.75 Å². The minimum atomic E-state index is -0.441. The number of likely N-dealkylation sites (tertiary alicyclic amines) is 1. The van der Waals surface area contributed by atoms with E-state index in [1.54, 1.807) is 4.90 Å². The summed E-state index contributed by atoms with van der Waals surface area (Å²) in [4.78, 5) is 13.8. The standard InChI is InChI=1S/C17H24INO3/c1-12-9-14(18)5-6-15(12)21-11-13-7-8-19(10-13)16(20)22-17(2,3)4/h5-6,9,13H,7-8,10-11H2,1-4H3/t13-/m0/s1. The van der Waals surface area contributed by atoms with Gasteiger partial charge in [0.05, 0.1) is 6.61 Å². The number of nitrogens with zero attached hydrogens (tertiary/aromatic N) is 1. The van der Waals surface area contributed by atoms with Crippen molar-refractivity contribution < 1.29 is 14.3 Å². The van der Waals surface area contributed by atoms with Crippen molar-refractivity contribution in [1.29, 1.82) is 0 Å². The molecule has 1 amide bonds. The van der Waals surface area contributed by atoms with Crippen LogP contribution in [0, 0.1) is 16.4 Å². The van der Waals surface area contributed by atoms with Gasteiger partial charge in [0, 0.05) is 22.6 Å². The van der Waals surface area contributed by atoms with E-state index in [2.05, 4.69) is 35.6 Å². The number of rotatable bonds is 3. The van der Waals surface area contributed by atoms with Crippen molar-refractivity contribution in [3.05, 3.63) is 27.3 Å². The predicted octanol–water partition coefficient (Wildman–Crippen LogP) is 4.24. The Kier molecular flexibility index (Phi) is 5.58. The zero-order chi connectivity index (χ0) is 16.3. The maximum Gasteiger partial charge on any atom is 0.410 e. The first-order valence-electron chi connectivity index (χ1n) is 7.61. The number of hydrogen-bond donors (Lipinski definition) is 0. The lowest BCUT2D eigenvalue weighted by Crippen LogP contribution is -2.35. The largest absolute Gasteiger partial charge is 0.493 e. The molecule has 1 fully saturated rings. The smallest absolute Gasteiger partial charge is 0.410 e. The van der Waals surface area contributed by atoms with Gasteiger partial charge in [0.2, 0.25) is 0 Å². The molecule has 1 aliphatic heterocycles. The fourth-order valence-electron chi connectivity index (χ4n) is 2.44. The number of carbonyl (C=O) groups excluding carboxylic acids is 1. The summed E-state index contributed by atoms with van der Waals surface area (Å²) in [6, 6.07) is 6.17. The zero-order valence-corrected chi connectivity index (χ0v) is 15.8. The Morgan fingerprint density at radius 2 is 2.14 bits per heavy atom. The maximum atomic E-state index is 12.0. The van der Waals surface area contributed by atoms with Gasteiger partial charge in [0.1, 0.15) is 11.4 Å². The van der Waals surface area contributed by atoms with Crippen molar-refractivity contribution in [3.8, 4) is 5.75 Å². The average Bonchev–Trinajstić information content (AvgIpc) is 2.84. The molecule has 22 heavy (non-hydrogen) atoms. The van der Waals surface area contributed by atoms with Gasteiger partial charge in [-0.05, 0) is 80.5 Å². The lowest BCUT2D eigenvalue weighted by Gasteiger charge is -2.24. The summed E-state index contributed by atoms with van der Waals surface area (Å²) in [7, 11) is 0. The summed E-state index contributed by atoms with van der Waals surface area (Å²) in [5.41, 5.74) is 0.707. The Bertz CT molecular complexity index is 539. The second-order valence-corrected chi connectivity index (χ2v) is 8.05. The van der Waals surface area contributed by atoms with Gasteiger partial charge in [-0.1, -0.05) is 0 Å². The molecule has 1 saturated heterocycles. The number of aryl methyl sites for hydroxylation is 1. The monoisotopic (exact) mass is 417 g/mol. The van der Waals surface area contributed by atoms with Crippen molar-refractivity contribution in [2.24, 2.45) is 5.92 Å². The Balaban J connectivity index is 1.82. The van der Waals surface area contributed by atoms with Crippen LogP contribution in [0.2, 0.25) is 0 Å². The predicted molar refractivity (Wildman–Crippen MR) is 95.3 cm³/mol. The number of carbonyl (C=O) groups is 1. The van der Waals surface area contributed by atoms with Gasteiger partial charge in [-0.3, -0.25) is 0 Å². The maximum absolute atomic E-state index is 12.0. The fourth-order valence-corrected chi connectivity index (χ4v) is 3.09. The minimum Gasteiger partial charge on any atom is -0.493 e. The van der Waals surface area contributed by atoms with Crippen LogP contribution in [0.3, 0.4) is 0 Å². The molecule has 0 aliphatic carbocycles. The first kappa shape index (κ1) is 17.4. The van der Waals surface area contributed by atoms with Crippen LogP contribution in [-0.4, -0.2) is 36.3 Å². The van der Waals surface area contributed by atoms with E-state index in [0.29, 0.717) is 19.1 Å². The summed E-state index contributed by atoms with van der Waals surface area (Å²) in [5.74, 6) is 1.29. The van der Waals surface area contributed by atoms with Crippen molar-refractivity contribution >= 4 is 28.7 Å². The van der Waals surface area contributed by atoms with Crippen molar-refractivity contribution in [1.82, 2.24) is 4.90 Å². The molecule has 0 unspecified atom stereocenters. The highest BCUT2D eigenvalue weighted by Crippen LogP contribution is 2.24. The molecule has 4 nitrogen and oxygen atoms in total. The van der Waals surface area contributed by atoms with Crippen LogP contribution in [0.4, 0.5) is 4.79 Å². The summed E-state index contributed by atoms with van der Waals surface area (Å²) < 4.78 is 12.5. The highest BCUT2D eigenvalue weighted by molar-refractivity contribution is 14.1. The Morgan fingerprint density at radius 3 is 2.77 bits per heavy atom. The molecule has 2 rings (SSSR count). The van der Waals surface area contributed by atoms with E-state index in [1.165, 1.54) is 3.57 Å². The molecule has 1 aromatic carbocycles. The summed E-state index contributed by atoms with van der Waals surface area (Å²) in [6.45, 7) is 9.82. The first-order chi connectivity index (χ1) is 10.2. The summed E-state index contributed by atoms with van der Waals surface area (Å²) in [5, 5.41) is 0. The van der Waals surface area contributed by atoms with E-state index >= 15 is 0 Å². The summed E-state index contributed by atoms with van der Waals surface area (Å²) in [6.07, 6.45) is 0.739. The molecule has 5 heteroatoms. The van der Waals surface area contributed by atoms with Crippen LogP contribution in [0.25, 0.3) is 0 Å². The molecule has 0 radical (unpaired) electrons. The molecule has 0 bridgehead atoms. The Hall–Kier alpha value is -0.980. The molecular formula is C17H24INO3. The number of halogens is 1. The van der Waals surface area contributed by atoms with E-state index in [9.17, 15) is 4.79 Å². The summed E-state index contributed by atoms with van der Waals surface area (Å²) >= 11 is 2.30. The fraction of sp³-hybridized carbons (Fsp3) is 0.588. The van der Waals surface area contributed by atoms with E-state index in [4.69, 9.17) is 9.47 Å². The van der Waals surface area contributed by atoms with Crippen LogP contribution in [0.15, 0.2) is 18.2 Å². The van der Waals surface area contributed by atoms with Crippen LogP contribution in [0.1, 0.15) is 32.8 Å². The van der Waals surface area contributed by atoms with Gasteiger partial charge < -0.3 is 14.4 Å². The molecule has 1 heterocycles. The highest BCUT2D eigenvalue weighted by atomic mass is 127. The van der Waals surface area contributed by atoms with E-state index in [-0.39, 0.29) is 6.09 Å². The van der Waals surface area contributed by atoms with Crippen LogP contribution in [-0.2, 0) is 4.74 Å². The Labute approximate surface area is 146 Å². The molecule has 0 saturated carbocycles. The van der Waals surface area contributed by atoms with Crippen molar-refractivity contribution in [3.63, 3.8) is 0 Å². The van der Waals surface area contributed by atoms with Gasteiger partial charge in [0.25, 0.3) is 0 Å². The van der Waals surface area contributed by atoms with Crippen molar-refractivity contribution in [2.75, 3.05) is 19.7 Å². The third-order valence-corrected chi connectivity index (χ3v) is 4.22. The van der Waals surface area contributed by atoms with Gasteiger partial charge in [-0.15, -0.1) is 0 Å². The Morgan fingerprint density at radius 1 is 1.41 bits per heavy atom. The molecule has 122 valence electrons. The van der Waals surface area contributed by atoms with E-state index in [1.807, 2.05) is 32.9 Å². The molecule has 1 aromatic rings. The number of amides is 1. The van der Waals surface area contributed by atoms with E-state index < -0.39 is 5.60 Å². The molecule has 0 spiro atoms. The average molecular weight is 417 g/mol. The molecule has 0 aromatic heterocycles. The normalized spacial score (nSPS) is 18.4. The second-order valence-electron chi connectivity index (χ2n) is 6.80. The van der Waals surface area contributed by atoms with Crippen LogP contribution < -0.4 is 4.74 Å². The van der Waals surface area contributed by atoms with Gasteiger partial charge in [-0.25, -0.2) is 4.79 Å².